The summed E-state index contributed by atoms with van der Waals surface area (Å²) in [5.74, 6) is -0.339. The molecule has 1 saturated carbocycles. The lowest BCUT2D eigenvalue weighted by Crippen LogP contribution is -2.34. The molecular formula is C14H19N3O3. The molecule has 1 aliphatic rings. The van der Waals surface area contributed by atoms with E-state index in [1.54, 1.807) is 12.1 Å². The van der Waals surface area contributed by atoms with Gasteiger partial charge in [0.2, 0.25) is 5.91 Å². The van der Waals surface area contributed by atoms with Crippen LogP contribution in [0.3, 0.4) is 0 Å². The van der Waals surface area contributed by atoms with Crippen molar-refractivity contribution in [1.82, 2.24) is 0 Å². The second-order valence-corrected chi connectivity index (χ2v) is 5.14. The predicted octanol–water partition coefficient (Wildman–Crippen LogP) is 2.22. The molecule has 0 saturated heterocycles. The van der Waals surface area contributed by atoms with Crippen molar-refractivity contribution in [3.8, 4) is 0 Å². The van der Waals surface area contributed by atoms with E-state index < -0.39 is 4.92 Å². The van der Waals surface area contributed by atoms with Crippen molar-refractivity contribution in [1.29, 1.82) is 0 Å². The van der Waals surface area contributed by atoms with E-state index in [4.69, 9.17) is 5.73 Å². The second kappa shape index (κ2) is 6.00. The van der Waals surface area contributed by atoms with Crippen molar-refractivity contribution in [2.45, 2.75) is 38.6 Å². The van der Waals surface area contributed by atoms with Gasteiger partial charge in [-0.2, -0.15) is 0 Å². The van der Waals surface area contributed by atoms with Crippen LogP contribution >= 0.6 is 0 Å². The number of nitro groups is 1. The van der Waals surface area contributed by atoms with Gasteiger partial charge in [-0.05, 0) is 25.3 Å². The van der Waals surface area contributed by atoms with E-state index in [1.165, 1.54) is 6.07 Å². The van der Waals surface area contributed by atoms with E-state index in [2.05, 4.69) is 5.32 Å². The fourth-order valence-electron chi connectivity index (χ4n) is 2.66. The van der Waals surface area contributed by atoms with Crippen molar-refractivity contribution >= 4 is 17.3 Å². The molecule has 20 heavy (non-hydrogen) atoms. The highest BCUT2D eigenvalue weighted by atomic mass is 16.6. The first kappa shape index (κ1) is 14.5. The van der Waals surface area contributed by atoms with Crippen molar-refractivity contribution in [2.75, 3.05) is 5.32 Å². The zero-order chi connectivity index (χ0) is 14.7. The summed E-state index contributed by atoms with van der Waals surface area (Å²) in [5.41, 5.74) is 7.05. The molecule has 1 aromatic carbocycles. The molecular weight excluding hydrogens is 258 g/mol. The Labute approximate surface area is 117 Å². The summed E-state index contributed by atoms with van der Waals surface area (Å²) in [6.45, 7) is 1.86. The van der Waals surface area contributed by atoms with E-state index in [9.17, 15) is 14.9 Å². The summed E-state index contributed by atoms with van der Waals surface area (Å²) in [7, 11) is 0. The Morgan fingerprint density at radius 1 is 1.50 bits per heavy atom. The van der Waals surface area contributed by atoms with Crippen LogP contribution < -0.4 is 11.1 Å². The Balaban J connectivity index is 2.15. The van der Waals surface area contributed by atoms with E-state index >= 15 is 0 Å². The lowest BCUT2D eigenvalue weighted by molar-refractivity contribution is -0.385. The number of hydrogen-bond donors (Lipinski definition) is 2. The van der Waals surface area contributed by atoms with E-state index in [1.807, 2.05) is 6.92 Å². The minimum absolute atomic E-state index is 0.0426. The first-order valence-electron chi connectivity index (χ1n) is 6.86. The molecule has 0 aromatic heterocycles. The summed E-state index contributed by atoms with van der Waals surface area (Å²) in [6.07, 6.45) is 3.17. The van der Waals surface area contributed by atoms with Crippen LogP contribution in [-0.2, 0) is 11.2 Å². The fraction of sp³-hybridized carbons (Fsp3) is 0.500. The van der Waals surface area contributed by atoms with Crippen LogP contribution in [0.25, 0.3) is 0 Å². The molecule has 1 aromatic rings. The number of carbonyl (C=O) groups excluding carboxylic acids is 1. The SMILES string of the molecule is CCc1ccc(NC(=O)C2CCCC2N)cc1[N+](=O)[O-]. The average Bonchev–Trinajstić information content (AvgIpc) is 2.85. The molecule has 2 rings (SSSR count). The number of hydrogen-bond acceptors (Lipinski definition) is 4. The molecule has 0 spiro atoms. The summed E-state index contributed by atoms with van der Waals surface area (Å²) in [6, 6.07) is 4.68. The molecule has 0 radical (unpaired) electrons. The van der Waals surface area contributed by atoms with Gasteiger partial charge in [-0.3, -0.25) is 14.9 Å². The Morgan fingerprint density at radius 2 is 2.25 bits per heavy atom. The van der Waals surface area contributed by atoms with Crippen LogP contribution in [0.5, 0.6) is 0 Å². The maximum Gasteiger partial charge on any atom is 0.274 e. The van der Waals surface area contributed by atoms with E-state index in [0.717, 1.165) is 19.3 Å². The first-order chi connectivity index (χ1) is 9.52. The number of nitrogens with zero attached hydrogens (tertiary/aromatic N) is 1. The van der Waals surface area contributed by atoms with Gasteiger partial charge in [0.1, 0.15) is 0 Å². The van der Waals surface area contributed by atoms with Gasteiger partial charge in [-0.25, -0.2) is 0 Å². The molecule has 108 valence electrons. The quantitative estimate of drug-likeness (QED) is 0.651. The van der Waals surface area contributed by atoms with Crippen molar-refractivity contribution in [3.63, 3.8) is 0 Å². The lowest BCUT2D eigenvalue weighted by atomic mass is 10.0. The highest BCUT2D eigenvalue weighted by Crippen LogP contribution is 2.27. The summed E-state index contributed by atoms with van der Waals surface area (Å²) < 4.78 is 0. The van der Waals surface area contributed by atoms with Gasteiger partial charge in [0.25, 0.3) is 5.69 Å². The van der Waals surface area contributed by atoms with Gasteiger partial charge < -0.3 is 11.1 Å². The monoisotopic (exact) mass is 277 g/mol. The van der Waals surface area contributed by atoms with Crippen LogP contribution in [-0.4, -0.2) is 16.9 Å². The third-order valence-electron chi connectivity index (χ3n) is 3.84. The third-order valence-corrected chi connectivity index (χ3v) is 3.84. The molecule has 0 bridgehead atoms. The van der Waals surface area contributed by atoms with Crippen LogP contribution in [0.4, 0.5) is 11.4 Å². The normalized spacial score (nSPS) is 21.7. The number of carbonyl (C=O) groups is 1. The van der Waals surface area contributed by atoms with Gasteiger partial charge in [0.05, 0.1) is 10.8 Å². The highest BCUT2D eigenvalue weighted by molar-refractivity contribution is 5.93. The Morgan fingerprint density at radius 3 is 2.80 bits per heavy atom. The van der Waals surface area contributed by atoms with E-state index in [0.29, 0.717) is 17.7 Å². The average molecular weight is 277 g/mol. The molecule has 2 atom stereocenters. The largest absolute Gasteiger partial charge is 0.327 e. The highest BCUT2D eigenvalue weighted by Gasteiger charge is 2.30. The lowest BCUT2D eigenvalue weighted by Gasteiger charge is -2.15. The maximum absolute atomic E-state index is 12.1. The number of nitro benzene ring substituents is 1. The first-order valence-corrected chi connectivity index (χ1v) is 6.86. The van der Waals surface area contributed by atoms with Crippen LogP contribution in [0, 0.1) is 16.0 Å². The molecule has 1 amide bonds. The standard InChI is InChI=1S/C14H19N3O3/c1-2-9-6-7-10(8-13(9)17(19)20)16-14(18)11-4-3-5-12(11)15/h6-8,11-12H,2-5,15H2,1H3,(H,16,18). The zero-order valence-corrected chi connectivity index (χ0v) is 11.5. The number of rotatable bonds is 4. The van der Waals surface area contributed by atoms with Gasteiger partial charge in [0.15, 0.2) is 0 Å². The Hall–Kier alpha value is -1.95. The topological polar surface area (TPSA) is 98.3 Å². The van der Waals surface area contributed by atoms with Gasteiger partial charge in [0, 0.05) is 23.4 Å². The summed E-state index contributed by atoms with van der Waals surface area (Å²) in [4.78, 5) is 22.7. The van der Waals surface area contributed by atoms with Crippen molar-refractivity contribution in [2.24, 2.45) is 11.7 Å². The number of anilines is 1. The van der Waals surface area contributed by atoms with Gasteiger partial charge >= 0.3 is 0 Å². The van der Waals surface area contributed by atoms with Crippen molar-refractivity contribution in [3.05, 3.63) is 33.9 Å². The molecule has 0 aliphatic heterocycles. The number of nitrogens with one attached hydrogen (secondary N) is 1. The number of benzene rings is 1. The van der Waals surface area contributed by atoms with Gasteiger partial charge in [-0.15, -0.1) is 0 Å². The minimum Gasteiger partial charge on any atom is -0.327 e. The number of amides is 1. The molecule has 6 heteroatoms. The molecule has 3 N–H and O–H groups in total. The summed E-state index contributed by atoms with van der Waals surface area (Å²) in [5, 5.41) is 13.7. The van der Waals surface area contributed by atoms with Crippen LogP contribution in [0.2, 0.25) is 0 Å². The molecule has 2 unspecified atom stereocenters. The summed E-state index contributed by atoms with van der Waals surface area (Å²) >= 11 is 0. The maximum atomic E-state index is 12.1. The Bertz CT molecular complexity index is 530. The van der Waals surface area contributed by atoms with Crippen LogP contribution in [0.1, 0.15) is 31.7 Å². The number of aryl methyl sites for hydroxylation is 1. The minimum atomic E-state index is -0.421. The smallest absolute Gasteiger partial charge is 0.274 e. The zero-order valence-electron chi connectivity index (χ0n) is 11.5. The molecule has 1 fully saturated rings. The third kappa shape index (κ3) is 2.96. The fourth-order valence-corrected chi connectivity index (χ4v) is 2.66. The van der Waals surface area contributed by atoms with Gasteiger partial charge in [-0.1, -0.05) is 19.4 Å². The molecule has 6 nitrogen and oxygen atoms in total. The van der Waals surface area contributed by atoms with E-state index in [-0.39, 0.29) is 23.6 Å². The molecule has 0 heterocycles. The van der Waals surface area contributed by atoms with Crippen LogP contribution in [0.15, 0.2) is 18.2 Å². The number of nitrogens with two attached hydrogens (primary N) is 1. The predicted molar refractivity (Wildman–Crippen MR) is 76.4 cm³/mol. The molecule has 1 aliphatic carbocycles. The second-order valence-electron chi connectivity index (χ2n) is 5.14. The Kier molecular flexibility index (Phi) is 4.34. The van der Waals surface area contributed by atoms with Crippen molar-refractivity contribution < 1.29 is 9.72 Å².